The van der Waals surface area contributed by atoms with E-state index in [0.717, 1.165) is 29.8 Å². The summed E-state index contributed by atoms with van der Waals surface area (Å²) >= 11 is 0. The van der Waals surface area contributed by atoms with E-state index in [1.165, 1.54) is 18.4 Å². The van der Waals surface area contributed by atoms with Crippen molar-refractivity contribution in [2.24, 2.45) is 15.4 Å². The highest BCUT2D eigenvalue weighted by Crippen LogP contribution is 2.50. The smallest absolute Gasteiger partial charge is 0.0716 e. The van der Waals surface area contributed by atoms with Crippen molar-refractivity contribution in [3.8, 4) is 0 Å². The number of hydrogen-bond donors (Lipinski definition) is 0. The lowest BCUT2D eigenvalue weighted by atomic mass is 9.94. The summed E-state index contributed by atoms with van der Waals surface area (Å²) in [5.74, 6) is 0. The average Bonchev–Trinajstić information content (AvgIpc) is 3.15. The van der Waals surface area contributed by atoms with Crippen LogP contribution in [0, 0.1) is 5.41 Å². The molecule has 122 valence electrons. The highest BCUT2D eigenvalue weighted by atomic mass is 14.8. The summed E-state index contributed by atoms with van der Waals surface area (Å²) in [6, 6.07) is 0.344. The van der Waals surface area contributed by atoms with Gasteiger partial charge in [0.25, 0.3) is 0 Å². The Labute approximate surface area is 136 Å². The third-order valence-corrected chi connectivity index (χ3v) is 4.22. The summed E-state index contributed by atoms with van der Waals surface area (Å²) in [7, 11) is 0. The van der Waals surface area contributed by atoms with E-state index in [4.69, 9.17) is 4.99 Å². The first-order valence-electron chi connectivity index (χ1n) is 8.41. The number of rotatable bonds is 8. The molecule has 0 aromatic heterocycles. The molecule has 2 nitrogen and oxygen atoms in total. The average molecular weight is 300 g/mol. The Morgan fingerprint density at radius 1 is 1.32 bits per heavy atom. The zero-order valence-corrected chi connectivity index (χ0v) is 15.2. The second-order valence-corrected chi connectivity index (χ2v) is 6.95. The molecular formula is C20H32N2. The lowest BCUT2D eigenvalue weighted by Gasteiger charge is -2.14. The molecule has 0 bridgehead atoms. The molecule has 1 unspecified atom stereocenters. The van der Waals surface area contributed by atoms with Gasteiger partial charge in [-0.15, -0.1) is 0 Å². The molecule has 0 N–H and O–H groups in total. The van der Waals surface area contributed by atoms with Crippen LogP contribution < -0.4 is 0 Å². The van der Waals surface area contributed by atoms with E-state index in [9.17, 15) is 0 Å². The largest absolute Gasteiger partial charge is 0.289 e. The van der Waals surface area contributed by atoms with Crippen LogP contribution in [-0.2, 0) is 0 Å². The third kappa shape index (κ3) is 6.13. The fourth-order valence-electron chi connectivity index (χ4n) is 2.38. The topological polar surface area (TPSA) is 24.7 Å². The normalized spacial score (nSPS) is 20.4. The van der Waals surface area contributed by atoms with Crippen molar-refractivity contribution < 1.29 is 0 Å². The highest BCUT2D eigenvalue weighted by Gasteiger charge is 2.37. The van der Waals surface area contributed by atoms with Crippen LogP contribution in [0.4, 0.5) is 0 Å². The van der Waals surface area contributed by atoms with Crippen LogP contribution in [0.1, 0.15) is 67.2 Å². The Morgan fingerprint density at radius 2 is 1.95 bits per heavy atom. The fraction of sp³-hybridized carbons (Fsp3) is 0.600. The Hall–Kier alpha value is -1.44. The van der Waals surface area contributed by atoms with E-state index in [2.05, 4.69) is 45.3 Å². The van der Waals surface area contributed by atoms with Crippen LogP contribution in [0.3, 0.4) is 0 Å². The zero-order chi connectivity index (χ0) is 16.8. The molecule has 1 rings (SSSR count). The summed E-state index contributed by atoms with van der Waals surface area (Å²) in [6.45, 7) is 16.8. The second kappa shape index (κ2) is 8.26. The van der Waals surface area contributed by atoms with Crippen molar-refractivity contribution in [3.05, 3.63) is 35.6 Å². The molecule has 2 heteroatoms. The van der Waals surface area contributed by atoms with Crippen molar-refractivity contribution in [2.45, 2.75) is 73.3 Å². The van der Waals surface area contributed by atoms with Crippen molar-refractivity contribution in [1.29, 1.82) is 0 Å². The van der Waals surface area contributed by atoms with Gasteiger partial charge in [-0.25, -0.2) is 0 Å². The summed E-state index contributed by atoms with van der Waals surface area (Å²) in [6.07, 6.45) is 11.0. The maximum atomic E-state index is 4.70. The number of nitrogens with zero attached hydrogens (tertiary/aromatic N) is 2. The summed E-state index contributed by atoms with van der Waals surface area (Å²) in [5, 5.41) is 0. The predicted octanol–water partition coefficient (Wildman–Crippen LogP) is 5.91. The number of hydrogen-bond acceptors (Lipinski definition) is 2. The van der Waals surface area contributed by atoms with Crippen molar-refractivity contribution in [1.82, 2.24) is 0 Å². The molecule has 0 aliphatic heterocycles. The van der Waals surface area contributed by atoms with E-state index in [1.807, 2.05) is 26.1 Å². The molecule has 22 heavy (non-hydrogen) atoms. The van der Waals surface area contributed by atoms with Crippen LogP contribution in [0.15, 0.2) is 45.6 Å². The van der Waals surface area contributed by atoms with Crippen LogP contribution in [0.5, 0.6) is 0 Å². The standard InChI is InChI=1S/C20H32N2/c1-8-10-19(22-15(3)4)18(14-21-17(6)9-2)16(5)13-20(7)11-12-20/h8,10,14,17H,3,9,11-13H2,1-2,4-7H3/b10-8-,18-16-,21-14?,22-19?. The molecule has 0 aromatic carbocycles. The first-order chi connectivity index (χ1) is 10.3. The van der Waals surface area contributed by atoms with Gasteiger partial charge in [0, 0.05) is 23.5 Å². The van der Waals surface area contributed by atoms with Crippen LogP contribution >= 0.6 is 0 Å². The van der Waals surface area contributed by atoms with E-state index in [-0.39, 0.29) is 0 Å². The van der Waals surface area contributed by atoms with Gasteiger partial charge >= 0.3 is 0 Å². The maximum absolute atomic E-state index is 4.70. The maximum Gasteiger partial charge on any atom is 0.0716 e. The monoisotopic (exact) mass is 300 g/mol. The van der Waals surface area contributed by atoms with E-state index in [0.29, 0.717) is 11.5 Å². The Bertz CT molecular complexity index is 514. The number of allylic oxidation sites excluding steroid dienone is 5. The molecule has 0 saturated heterocycles. The van der Waals surface area contributed by atoms with Gasteiger partial charge < -0.3 is 0 Å². The lowest BCUT2D eigenvalue weighted by molar-refractivity contribution is 0.566. The van der Waals surface area contributed by atoms with E-state index in [1.54, 1.807) is 0 Å². The molecule has 0 amide bonds. The Kier molecular flexibility index (Phi) is 6.99. The SMILES string of the molecule is C=C(C)N=C(/C=C\C)/C(C=NC(C)CC)=C(/C)CC1(C)CC1. The second-order valence-electron chi connectivity index (χ2n) is 6.95. The first-order valence-corrected chi connectivity index (χ1v) is 8.41. The lowest BCUT2D eigenvalue weighted by Crippen LogP contribution is -2.09. The minimum absolute atomic E-state index is 0.344. The van der Waals surface area contributed by atoms with Gasteiger partial charge in [0.05, 0.1) is 5.71 Å². The molecule has 0 aromatic rings. The van der Waals surface area contributed by atoms with E-state index < -0.39 is 0 Å². The molecule has 1 atom stereocenters. The quantitative estimate of drug-likeness (QED) is 0.498. The summed E-state index contributed by atoms with van der Waals surface area (Å²) in [5.41, 5.74) is 4.83. The molecule has 1 aliphatic carbocycles. The molecule has 0 heterocycles. The van der Waals surface area contributed by atoms with E-state index >= 15 is 0 Å². The van der Waals surface area contributed by atoms with Gasteiger partial charge in [0.15, 0.2) is 0 Å². The van der Waals surface area contributed by atoms with Crippen LogP contribution in [0.2, 0.25) is 0 Å². The minimum atomic E-state index is 0.344. The third-order valence-electron chi connectivity index (χ3n) is 4.22. The van der Waals surface area contributed by atoms with Crippen molar-refractivity contribution in [2.75, 3.05) is 0 Å². The van der Waals surface area contributed by atoms with Gasteiger partial charge in [0.2, 0.25) is 0 Å². The predicted molar refractivity (Wildman–Crippen MR) is 100.0 cm³/mol. The number of aliphatic imine (C=N–C) groups is 2. The minimum Gasteiger partial charge on any atom is -0.289 e. The molecular weight excluding hydrogens is 268 g/mol. The zero-order valence-electron chi connectivity index (χ0n) is 15.2. The van der Waals surface area contributed by atoms with Gasteiger partial charge in [-0.05, 0) is 64.9 Å². The van der Waals surface area contributed by atoms with Gasteiger partial charge in [-0.3, -0.25) is 9.98 Å². The highest BCUT2D eigenvalue weighted by molar-refractivity contribution is 6.22. The van der Waals surface area contributed by atoms with Gasteiger partial charge in [-0.2, -0.15) is 0 Å². The van der Waals surface area contributed by atoms with Crippen LogP contribution in [0.25, 0.3) is 0 Å². The molecule has 0 radical (unpaired) electrons. The van der Waals surface area contributed by atoms with Crippen molar-refractivity contribution in [3.63, 3.8) is 0 Å². The molecule has 1 fully saturated rings. The molecule has 1 saturated carbocycles. The van der Waals surface area contributed by atoms with Gasteiger partial charge in [0.1, 0.15) is 0 Å². The Balaban J connectivity index is 3.21. The molecule has 1 aliphatic rings. The fourth-order valence-corrected chi connectivity index (χ4v) is 2.38. The summed E-state index contributed by atoms with van der Waals surface area (Å²) in [4.78, 5) is 9.33. The van der Waals surface area contributed by atoms with Crippen LogP contribution in [-0.4, -0.2) is 18.0 Å². The summed E-state index contributed by atoms with van der Waals surface area (Å²) < 4.78 is 0. The Morgan fingerprint density at radius 3 is 2.41 bits per heavy atom. The van der Waals surface area contributed by atoms with Crippen molar-refractivity contribution >= 4 is 11.9 Å². The molecule has 0 spiro atoms. The first kappa shape index (κ1) is 18.6. The van der Waals surface area contributed by atoms with Gasteiger partial charge in [-0.1, -0.05) is 32.1 Å².